The Hall–Kier alpha value is -4.73. The zero-order chi connectivity index (χ0) is 28.1. The van der Waals surface area contributed by atoms with E-state index in [0.29, 0.717) is 66.9 Å². The van der Waals surface area contributed by atoms with Gasteiger partial charge in [-0.15, -0.1) is 0 Å². The van der Waals surface area contributed by atoms with Crippen molar-refractivity contribution in [3.63, 3.8) is 0 Å². The highest BCUT2D eigenvalue weighted by molar-refractivity contribution is 6.46. The van der Waals surface area contributed by atoms with Crippen molar-refractivity contribution in [3.05, 3.63) is 84.5 Å². The quantitative estimate of drug-likeness (QED) is 0.166. The molecule has 3 heterocycles. The number of likely N-dealkylation sites (tertiary alicyclic amines) is 1. The van der Waals surface area contributed by atoms with E-state index in [-0.39, 0.29) is 24.5 Å². The number of aliphatic hydroxyl groups is 1. The van der Waals surface area contributed by atoms with Gasteiger partial charge in [0.2, 0.25) is 0 Å². The standard InChI is InChI=1S/C30H31N3O7/c1-3-14-38-22-8-6-20(17-24(22)37-4-2)27-26(28(34)21-7-9-23-25(18-21)40-16-15-39-23)29(35)30(36)33(27)12-5-11-32-13-10-31-19-32/h3,6-10,13,17-19,27,34H,1,4-5,11-12,14-16H2,2H3/b28-26+. The topological polar surface area (TPSA) is 112 Å². The van der Waals surface area contributed by atoms with Crippen molar-refractivity contribution >= 4 is 17.4 Å². The molecule has 1 unspecified atom stereocenters. The van der Waals surface area contributed by atoms with Crippen LogP contribution in [0.15, 0.2) is 73.3 Å². The van der Waals surface area contributed by atoms with Gasteiger partial charge >= 0.3 is 0 Å². The van der Waals surface area contributed by atoms with Gasteiger partial charge in [0.1, 0.15) is 25.6 Å². The molecule has 2 aliphatic heterocycles. The van der Waals surface area contributed by atoms with Crippen molar-refractivity contribution in [2.24, 2.45) is 0 Å². The fraction of sp³-hybridized carbons (Fsp3) is 0.300. The molecule has 10 heteroatoms. The fourth-order valence-corrected chi connectivity index (χ4v) is 4.88. The lowest BCUT2D eigenvalue weighted by Crippen LogP contribution is -2.31. The normalized spacial score (nSPS) is 17.6. The van der Waals surface area contributed by atoms with Crippen molar-refractivity contribution in [1.82, 2.24) is 14.5 Å². The van der Waals surface area contributed by atoms with E-state index in [1.165, 1.54) is 4.90 Å². The van der Waals surface area contributed by atoms with Crippen molar-refractivity contribution < 1.29 is 33.6 Å². The number of benzene rings is 2. The highest BCUT2D eigenvalue weighted by Crippen LogP contribution is 2.43. The monoisotopic (exact) mass is 545 g/mol. The summed E-state index contributed by atoms with van der Waals surface area (Å²) < 4.78 is 24.7. The van der Waals surface area contributed by atoms with Gasteiger partial charge in [-0.05, 0) is 49.2 Å². The molecule has 40 heavy (non-hydrogen) atoms. The van der Waals surface area contributed by atoms with Gasteiger partial charge in [-0.3, -0.25) is 9.59 Å². The summed E-state index contributed by atoms with van der Waals surface area (Å²) in [4.78, 5) is 32.4. The van der Waals surface area contributed by atoms with Crippen LogP contribution >= 0.6 is 0 Å². The number of carbonyl (C=O) groups is 2. The smallest absolute Gasteiger partial charge is 0.295 e. The number of aliphatic hydroxyl groups excluding tert-OH is 1. The second kappa shape index (κ2) is 12.0. The summed E-state index contributed by atoms with van der Waals surface area (Å²) >= 11 is 0. The van der Waals surface area contributed by atoms with Crippen LogP contribution in [0.2, 0.25) is 0 Å². The lowest BCUT2D eigenvalue weighted by atomic mass is 9.94. The largest absolute Gasteiger partial charge is 0.507 e. The van der Waals surface area contributed by atoms with Gasteiger partial charge in [0.15, 0.2) is 23.0 Å². The van der Waals surface area contributed by atoms with Gasteiger partial charge in [0, 0.05) is 31.0 Å². The number of hydrogen-bond donors (Lipinski definition) is 1. The summed E-state index contributed by atoms with van der Waals surface area (Å²) in [5.74, 6) is 0.256. The van der Waals surface area contributed by atoms with Crippen molar-refractivity contribution in [3.8, 4) is 23.0 Å². The van der Waals surface area contributed by atoms with E-state index in [9.17, 15) is 14.7 Å². The lowest BCUT2D eigenvalue weighted by molar-refractivity contribution is -0.139. The molecule has 2 aliphatic rings. The molecule has 0 saturated carbocycles. The predicted octanol–water partition coefficient (Wildman–Crippen LogP) is 4.13. The number of ketones is 1. The first-order valence-corrected chi connectivity index (χ1v) is 13.2. The molecule has 0 bridgehead atoms. The Balaban J connectivity index is 1.56. The van der Waals surface area contributed by atoms with Gasteiger partial charge in [0.25, 0.3) is 11.7 Å². The molecule has 1 fully saturated rings. The van der Waals surface area contributed by atoms with Crippen LogP contribution in [0, 0.1) is 0 Å². The van der Waals surface area contributed by atoms with Gasteiger partial charge in [-0.25, -0.2) is 4.98 Å². The Kier molecular flexibility index (Phi) is 8.04. The molecule has 1 N–H and O–H groups in total. The van der Waals surface area contributed by atoms with Crippen molar-refractivity contribution in [2.75, 3.05) is 33.0 Å². The number of carbonyl (C=O) groups excluding carboxylic acids is 2. The lowest BCUT2D eigenvalue weighted by Gasteiger charge is -2.26. The molecule has 1 atom stereocenters. The van der Waals surface area contributed by atoms with Crippen LogP contribution in [-0.2, 0) is 16.1 Å². The number of aromatic nitrogens is 2. The van der Waals surface area contributed by atoms with E-state index in [2.05, 4.69) is 11.6 Å². The minimum Gasteiger partial charge on any atom is -0.507 e. The summed E-state index contributed by atoms with van der Waals surface area (Å²) in [6.45, 7) is 7.91. The molecule has 1 amide bonds. The minimum absolute atomic E-state index is 0.00785. The van der Waals surface area contributed by atoms with E-state index in [0.717, 1.165) is 0 Å². The summed E-state index contributed by atoms with van der Waals surface area (Å²) in [6, 6.07) is 9.35. The van der Waals surface area contributed by atoms with Gasteiger partial charge in [-0.2, -0.15) is 0 Å². The maximum atomic E-state index is 13.5. The van der Waals surface area contributed by atoms with E-state index < -0.39 is 17.7 Å². The van der Waals surface area contributed by atoms with Crippen LogP contribution in [0.25, 0.3) is 5.76 Å². The maximum Gasteiger partial charge on any atom is 0.295 e. The number of hydrogen-bond acceptors (Lipinski definition) is 8. The van der Waals surface area contributed by atoms with Gasteiger partial charge < -0.3 is 33.5 Å². The van der Waals surface area contributed by atoms with E-state index in [1.807, 2.05) is 17.7 Å². The first-order valence-electron chi connectivity index (χ1n) is 13.2. The second-order valence-electron chi connectivity index (χ2n) is 9.24. The van der Waals surface area contributed by atoms with Crippen molar-refractivity contribution in [1.29, 1.82) is 0 Å². The average Bonchev–Trinajstić information content (AvgIpc) is 3.58. The number of ether oxygens (including phenoxy) is 4. The Labute approximate surface area is 232 Å². The summed E-state index contributed by atoms with van der Waals surface area (Å²) in [5.41, 5.74) is 0.948. The number of fused-ring (bicyclic) bond motifs is 1. The van der Waals surface area contributed by atoms with Crippen LogP contribution in [0.3, 0.4) is 0 Å². The number of rotatable bonds is 11. The Morgan fingerprint density at radius 1 is 1.10 bits per heavy atom. The third kappa shape index (κ3) is 5.38. The summed E-state index contributed by atoms with van der Waals surface area (Å²) in [7, 11) is 0. The third-order valence-electron chi connectivity index (χ3n) is 6.67. The van der Waals surface area contributed by atoms with E-state index in [4.69, 9.17) is 18.9 Å². The first-order chi connectivity index (χ1) is 19.5. The Bertz CT molecular complexity index is 1430. The molecule has 1 saturated heterocycles. The highest BCUT2D eigenvalue weighted by atomic mass is 16.6. The SMILES string of the molecule is C=CCOc1ccc(C2/C(=C(\O)c3ccc4c(c3)OCCO4)C(=O)C(=O)N2CCCn2ccnc2)cc1OCC. The highest BCUT2D eigenvalue weighted by Gasteiger charge is 2.46. The molecule has 2 aromatic carbocycles. The molecule has 0 radical (unpaired) electrons. The zero-order valence-electron chi connectivity index (χ0n) is 22.2. The summed E-state index contributed by atoms with van der Waals surface area (Å²) in [5, 5.41) is 11.5. The molecule has 0 spiro atoms. The molecule has 1 aromatic heterocycles. The third-order valence-corrected chi connectivity index (χ3v) is 6.67. The predicted molar refractivity (Wildman–Crippen MR) is 147 cm³/mol. The number of Topliss-reactive ketones (excluding diaryl/α,β-unsaturated/α-hetero) is 1. The number of imidazole rings is 1. The van der Waals surface area contributed by atoms with E-state index in [1.54, 1.807) is 55.0 Å². The zero-order valence-corrected chi connectivity index (χ0v) is 22.2. The van der Waals surface area contributed by atoms with Crippen molar-refractivity contribution in [2.45, 2.75) is 25.9 Å². The van der Waals surface area contributed by atoms with E-state index >= 15 is 0 Å². The molecule has 5 rings (SSSR count). The number of nitrogens with zero attached hydrogens (tertiary/aromatic N) is 3. The molecular formula is C30H31N3O7. The molecule has 208 valence electrons. The Morgan fingerprint density at radius 3 is 2.67 bits per heavy atom. The number of aryl methyl sites for hydroxylation is 1. The average molecular weight is 546 g/mol. The second-order valence-corrected chi connectivity index (χ2v) is 9.24. The Morgan fingerprint density at radius 2 is 1.93 bits per heavy atom. The first kappa shape index (κ1) is 26.9. The molecule has 10 nitrogen and oxygen atoms in total. The minimum atomic E-state index is -0.844. The number of amides is 1. The summed E-state index contributed by atoms with van der Waals surface area (Å²) in [6.07, 6.45) is 7.42. The molecule has 3 aromatic rings. The molecular weight excluding hydrogens is 514 g/mol. The maximum absolute atomic E-state index is 13.5. The van der Waals surface area contributed by atoms with Crippen LogP contribution < -0.4 is 18.9 Å². The fourth-order valence-electron chi connectivity index (χ4n) is 4.88. The van der Waals surface area contributed by atoms with Gasteiger partial charge in [-0.1, -0.05) is 18.7 Å². The van der Waals surface area contributed by atoms with Crippen LogP contribution in [0.4, 0.5) is 0 Å². The van der Waals surface area contributed by atoms with Gasteiger partial charge in [0.05, 0.1) is 24.5 Å². The van der Waals surface area contributed by atoms with Crippen LogP contribution in [0.5, 0.6) is 23.0 Å². The molecule has 0 aliphatic carbocycles. The van der Waals surface area contributed by atoms with Crippen LogP contribution in [0.1, 0.15) is 30.5 Å². The van der Waals surface area contributed by atoms with Crippen LogP contribution in [-0.4, -0.2) is 64.2 Å².